The quantitative estimate of drug-likeness (QED) is 0.491. The summed E-state index contributed by atoms with van der Waals surface area (Å²) in [6.45, 7) is 9.37. The van der Waals surface area contributed by atoms with Crippen molar-refractivity contribution in [2.24, 2.45) is 5.92 Å². The van der Waals surface area contributed by atoms with E-state index in [4.69, 9.17) is 4.74 Å². The second-order valence-corrected chi connectivity index (χ2v) is 6.52. The highest BCUT2D eigenvalue weighted by atomic mass is 32.2. The number of methoxy groups -OCH3 is 1. The van der Waals surface area contributed by atoms with Gasteiger partial charge in [-0.2, -0.15) is 11.8 Å². The number of carbonyl (C=O) groups excluding carboxylic acids is 1. The summed E-state index contributed by atoms with van der Waals surface area (Å²) in [5.41, 5.74) is -0.532. The number of carbonyl (C=O) groups is 1. The zero-order valence-electron chi connectivity index (χ0n) is 12.5. The maximum atomic E-state index is 11.8. The molecule has 1 atom stereocenters. The monoisotopic (exact) mass is 275 g/mol. The summed E-state index contributed by atoms with van der Waals surface area (Å²) in [4.78, 5) is 11.8. The van der Waals surface area contributed by atoms with E-state index in [1.807, 2.05) is 18.7 Å². The summed E-state index contributed by atoms with van der Waals surface area (Å²) in [5, 5.41) is 3.31. The van der Waals surface area contributed by atoms with Crippen LogP contribution < -0.4 is 5.32 Å². The van der Waals surface area contributed by atoms with E-state index in [0.717, 1.165) is 31.1 Å². The van der Waals surface area contributed by atoms with Crippen molar-refractivity contribution < 1.29 is 9.53 Å². The second-order valence-electron chi connectivity index (χ2n) is 5.30. The molecular weight excluding hydrogens is 246 g/mol. The number of rotatable bonds is 10. The van der Waals surface area contributed by atoms with Gasteiger partial charge in [-0.25, -0.2) is 0 Å². The molecule has 0 radical (unpaired) electrons. The second kappa shape index (κ2) is 9.68. The number of ether oxygens (including phenoxy) is 1. The fraction of sp³-hybridized carbons (Fsp3) is 0.929. The van der Waals surface area contributed by atoms with Crippen molar-refractivity contribution in [1.82, 2.24) is 5.32 Å². The van der Waals surface area contributed by atoms with E-state index in [1.165, 1.54) is 19.3 Å². The van der Waals surface area contributed by atoms with Crippen molar-refractivity contribution in [1.29, 1.82) is 0 Å². The third kappa shape index (κ3) is 7.27. The van der Waals surface area contributed by atoms with Crippen LogP contribution in [0.3, 0.4) is 0 Å². The molecular formula is C14H29NO2S. The van der Waals surface area contributed by atoms with Gasteiger partial charge in [0.05, 0.1) is 7.11 Å². The van der Waals surface area contributed by atoms with Crippen molar-refractivity contribution in [2.45, 2.75) is 52.5 Å². The Morgan fingerprint density at radius 2 is 2.06 bits per heavy atom. The van der Waals surface area contributed by atoms with E-state index in [1.54, 1.807) is 0 Å². The number of hydrogen-bond donors (Lipinski definition) is 1. The minimum atomic E-state index is -0.532. The van der Waals surface area contributed by atoms with E-state index in [9.17, 15) is 4.79 Å². The predicted octanol–water partition coefficient (Wildman–Crippen LogP) is 3.09. The average molecular weight is 275 g/mol. The van der Waals surface area contributed by atoms with Gasteiger partial charge in [0.1, 0.15) is 5.54 Å². The molecule has 0 spiro atoms. The van der Waals surface area contributed by atoms with Gasteiger partial charge in [0, 0.05) is 0 Å². The highest BCUT2D eigenvalue weighted by Gasteiger charge is 2.32. The van der Waals surface area contributed by atoms with Gasteiger partial charge < -0.3 is 10.1 Å². The van der Waals surface area contributed by atoms with Gasteiger partial charge in [0.25, 0.3) is 0 Å². The lowest BCUT2D eigenvalue weighted by Crippen LogP contribution is -2.50. The summed E-state index contributed by atoms with van der Waals surface area (Å²) in [6.07, 6.45) is 3.08. The van der Waals surface area contributed by atoms with Crippen LogP contribution in [-0.2, 0) is 9.53 Å². The maximum absolute atomic E-state index is 11.8. The number of hydrogen-bond acceptors (Lipinski definition) is 4. The van der Waals surface area contributed by atoms with Gasteiger partial charge in [-0.15, -0.1) is 0 Å². The Hall–Kier alpha value is -0.220. The third-order valence-corrected chi connectivity index (χ3v) is 4.00. The molecule has 0 aliphatic carbocycles. The standard InChI is InChI=1S/C14H29NO2S/c1-6-9-15-14(4,13(16)17-5)8-11-18-10-7-12(2)3/h12,15H,6-11H2,1-5H3. The Morgan fingerprint density at radius 1 is 1.39 bits per heavy atom. The smallest absolute Gasteiger partial charge is 0.325 e. The van der Waals surface area contributed by atoms with Crippen LogP contribution >= 0.6 is 11.8 Å². The van der Waals surface area contributed by atoms with Crippen LogP contribution in [-0.4, -0.2) is 36.7 Å². The lowest BCUT2D eigenvalue weighted by Gasteiger charge is -2.27. The molecule has 0 saturated heterocycles. The van der Waals surface area contributed by atoms with Gasteiger partial charge in [-0.05, 0) is 50.2 Å². The van der Waals surface area contributed by atoms with E-state index >= 15 is 0 Å². The molecule has 0 fully saturated rings. The van der Waals surface area contributed by atoms with Crippen molar-refractivity contribution >= 4 is 17.7 Å². The summed E-state index contributed by atoms with van der Waals surface area (Å²) in [7, 11) is 1.46. The molecule has 0 bridgehead atoms. The van der Waals surface area contributed by atoms with Crippen LogP contribution in [0.15, 0.2) is 0 Å². The number of esters is 1. The highest BCUT2D eigenvalue weighted by molar-refractivity contribution is 7.99. The Balaban J connectivity index is 4.05. The molecule has 0 amide bonds. The SMILES string of the molecule is CCCNC(C)(CCSCCC(C)C)C(=O)OC. The first-order valence-electron chi connectivity index (χ1n) is 6.87. The van der Waals surface area contributed by atoms with Crippen molar-refractivity contribution in [2.75, 3.05) is 25.2 Å². The van der Waals surface area contributed by atoms with Crippen molar-refractivity contribution in [3.63, 3.8) is 0 Å². The van der Waals surface area contributed by atoms with Crippen molar-refractivity contribution in [3.05, 3.63) is 0 Å². The molecule has 108 valence electrons. The van der Waals surface area contributed by atoms with Gasteiger partial charge in [0.2, 0.25) is 0 Å². The molecule has 3 nitrogen and oxygen atoms in total. The lowest BCUT2D eigenvalue weighted by atomic mass is 9.99. The normalized spacial score (nSPS) is 14.6. The summed E-state index contributed by atoms with van der Waals surface area (Å²) < 4.78 is 4.90. The topological polar surface area (TPSA) is 38.3 Å². The molecule has 0 heterocycles. The molecule has 0 saturated carbocycles. The van der Waals surface area contributed by atoms with Gasteiger partial charge in [0.15, 0.2) is 0 Å². The van der Waals surface area contributed by atoms with Crippen LogP contribution in [0.5, 0.6) is 0 Å². The number of nitrogens with one attached hydrogen (secondary N) is 1. The van der Waals surface area contributed by atoms with Crippen LogP contribution in [0.4, 0.5) is 0 Å². The van der Waals surface area contributed by atoms with E-state index in [2.05, 4.69) is 26.1 Å². The Bertz CT molecular complexity index is 234. The first-order chi connectivity index (χ1) is 8.46. The first kappa shape index (κ1) is 17.8. The first-order valence-corrected chi connectivity index (χ1v) is 8.03. The van der Waals surface area contributed by atoms with Gasteiger partial charge >= 0.3 is 5.97 Å². The predicted molar refractivity (Wildman–Crippen MR) is 80.1 cm³/mol. The Morgan fingerprint density at radius 3 is 2.56 bits per heavy atom. The molecule has 4 heteroatoms. The van der Waals surface area contributed by atoms with Crippen LogP contribution in [0.25, 0.3) is 0 Å². The largest absolute Gasteiger partial charge is 0.468 e. The van der Waals surface area contributed by atoms with Gasteiger partial charge in [-0.3, -0.25) is 4.79 Å². The average Bonchev–Trinajstić information content (AvgIpc) is 2.34. The molecule has 18 heavy (non-hydrogen) atoms. The molecule has 0 rings (SSSR count). The fourth-order valence-corrected chi connectivity index (χ4v) is 2.98. The molecule has 1 N–H and O–H groups in total. The third-order valence-electron chi connectivity index (χ3n) is 2.99. The van der Waals surface area contributed by atoms with E-state index in [-0.39, 0.29) is 5.97 Å². The van der Waals surface area contributed by atoms with E-state index in [0.29, 0.717) is 0 Å². The summed E-state index contributed by atoms with van der Waals surface area (Å²) >= 11 is 1.92. The zero-order valence-corrected chi connectivity index (χ0v) is 13.4. The van der Waals surface area contributed by atoms with Crippen LogP contribution in [0.2, 0.25) is 0 Å². The van der Waals surface area contributed by atoms with Crippen molar-refractivity contribution in [3.8, 4) is 0 Å². The maximum Gasteiger partial charge on any atom is 0.325 e. The fourth-order valence-electron chi connectivity index (χ4n) is 1.59. The molecule has 0 aromatic rings. The molecule has 0 aliphatic rings. The molecule has 1 unspecified atom stereocenters. The lowest BCUT2D eigenvalue weighted by molar-refractivity contribution is -0.148. The molecule has 0 aliphatic heterocycles. The minimum absolute atomic E-state index is 0.152. The van der Waals surface area contributed by atoms with Crippen LogP contribution in [0.1, 0.15) is 47.0 Å². The number of thioether (sulfide) groups is 1. The van der Waals surface area contributed by atoms with Gasteiger partial charge in [-0.1, -0.05) is 20.8 Å². The van der Waals surface area contributed by atoms with Crippen LogP contribution in [0, 0.1) is 5.92 Å². The Kier molecular flexibility index (Phi) is 9.56. The minimum Gasteiger partial charge on any atom is -0.468 e. The highest BCUT2D eigenvalue weighted by Crippen LogP contribution is 2.18. The Labute approximate surface area is 116 Å². The molecule has 0 aromatic heterocycles. The van der Waals surface area contributed by atoms with E-state index < -0.39 is 5.54 Å². The molecule has 0 aromatic carbocycles. The zero-order chi connectivity index (χ0) is 14.0. The summed E-state index contributed by atoms with van der Waals surface area (Å²) in [5.74, 6) is 2.76. The summed E-state index contributed by atoms with van der Waals surface area (Å²) in [6, 6.07) is 0.